The van der Waals surface area contributed by atoms with Crippen LogP contribution in [0.25, 0.3) is 0 Å². The van der Waals surface area contributed by atoms with Crippen molar-refractivity contribution >= 4 is 10.0 Å². The van der Waals surface area contributed by atoms with Gasteiger partial charge in [0, 0.05) is 24.7 Å². The fraction of sp³-hybridized carbons (Fsp3) is 0.500. The molecule has 0 aliphatic heterocycles. The average Bonchev–Trinajstić information content (AvgIpc) is 2.45. The van der Waals surface area contributed by atoms with Gasteiger partial charge in [-0.25, -0.2) is 17.2 Å². The van der Waals surface area contributed by atoms with Crippen molar-refractivity contribution in [2.45, 2.75) is 11.3 Å². The van der Waals surface area contributed by atoms with E-state index in [1.807, 2.05) is 0 Å². The molecule has 0 aliphatic rings. The summed E-state index contributed by atoms with van der Waals surface area (Å²) in [5, 5.41) is 8.86. The van der Waals surface area contributed by atoms with Crippen LogP contribution < -0.4 is 9.47 Å². The van der Waals surface area contributed by atoms with Crippen molar-refractivity contribution in [3.05, 3.63) is 18.2 Å². The highest BCUT2D eigenvalue weighted by molar-refractivity contribution is 7.89. The van der Waals surface area contributed by atoms with Gasteiger partial charge in [-0.05, 0) is 0 Å². The van der Waals surface area contributed by atoms with Crippen molar-refractivity contribution in [1.82, 2.24) is 4.31 Å². The zero-order valence-corrected chi connectivity index (χ0v) is 12.4. The molecule has 0 saturated carbocycles. The summed E-state index contributed by atoms with van der Waals surface area (Å²) in [6.07, 6.45) is -2.85. The zero-order valence-electron chi connectivity index (χ0n) is 11.6. The normalized spacial score (nSPS) is 12.0. The highest BCUT2D eigenvalue weighted by Gasteiger charge is 2.28. The van der Waals surface area contributed by atoms with Crippen LogP contribution in [0.3, 0.4) is 0 Å². The zero-order chi connectivity index (χ0) is 16.0. The lowest BCUT2D eigenvalue weighted by atomic mass is 10.3. The van der Waals surface area contributed by atoms with Crippen LogP contribution in [0.4, 0.5) is 8.78 Å². The summed E-state index contributed by atoms with van der Waals surface area (Å²) in [6, 6.07) is 3.86. The van der Waals surface area contributed by atoms with Gasteiger partial charge in [0.05, 0.1) is 32.3 Å². The summed E-state index contributed by atoms with van der Waals surface area (Å²) in [5.74, 6) is 0.433. The molecular formula is C12H17F2NO5S. The summed E-state index contributed by atoms with van der Waals surface area (Å²) in [7, 11) is -1.50. The number of rotatable bonds is 8. The minimum atomic E-state index is -4.19. The van der Waals surface area contributed by atoms with Crippen molar-refractivity contribution < 1.29 is 31.8 Å². The highest BCUT2D eigenvalue weighted by atomic mass is 32.2. The van der Waals surface area contributed by atoms with Crippen molar-refractivity contribution in [1.29, 1.82) is 0 Å². The van der Waals surface area contributed by atoms with E-state index in [9.17, 15) is 17.2 Å². The molecule has 120 valence electrons. The van der Waals surface area contributed by atoms with Crippen molar-refractivity contribution in [3.8, 4) is 11.5 Å². The van der Waals surface area contributed by atoms with E-state index in [0.29, 0.717) is 4.31 Å². The number of hydrogen-bond donors (Lipinski definition) is 1. The number of nitrogens with zero attached hydrogens (tertiary/aromatic N) is 1. The number of aliphatic hydroxyl groups is 1. The van der Waals surface area contributed by atoms with E-state index < -0.39 is 36.1 Å². The number of sulfonamides is 1. The maximum atomic E-state index is 12.5. The van der Waals surface area contributed by atoms with Gasteiger partial charge in [0.25, 0.3) is 6.43 Å². The van der Waals surface area contributed by atoms with Crippen LogP contribution in [-0.2, 0) is 10.0 Å². The Hall–Kier alpha value is -1.45. The first-order valence-corrected chi connectivity index (χ1v) is 7.41. The molecule has 0 aliphatic carbocycles. The minimum Gasteiger partial charge on any atom is -0.497 e. The van der Waals surface area contributed by atoms with Gasteiger partial charge in [-0.1, -0.05) is 0 Å². The van der Waals surface area contributed by atoms with E-state index in [4.69, 9.17) is 14.6 Å². The second-order valence-electron chi connectivity index (χ2n) is 4.03. The molecule has 9 heteroatoms. The lowest BCUT2D eigenvalue weighted by Gasteiger charge is -2.21. The number of methoxy groups -OCH3 is 2. The predicted octanol–water partition coefficient (Wildman–Crippen LogP) is 0.952. The third-order valence-corrected chi connectivity index (χ3v) is 4.50. The molecule has 1 rings (SSSR count). The van der Waals surface area contributed by atoms with E-state index >= 15 is 0 Å². The molecule has 21 heavy (non-hydrogen) atoms. The van der Waals surface area contributed by atoms with Gasteiger partial charge in [-0.3, -0.25) is 0 Å². The van der Waals surface area contributed by atoms with E-state index in [-0.39, 0.29) is 16.4 Å². The number of benzene rings is 1. The lowest BCUT2D eigenvalue weighted by Crippen LogP contribution is -2.37. The summed E-state index contributed by atoms with van der Waals surface area (Å²) in [6.45, 7) is -1.98. The first-order valence-electron chi connectivity index (χ1n) is 5.97. The van der Waals surface area contributed by atoms with Crippen molar-refractivity contribution in [2.24, 2.45) is 0 Å². The van der Waals surface area contributed by atoms with Crippen LogP contribution in [0.2, 0.25) is 0 Å². The number of alkyl halides is 2. The number of ether oxygens (including phenoxy) is 2. The summed E-state index contributed by atoms with van der Waals surface area (Å²) >= 11 is 0. The Morgan fingerprint density at radius 1 is 1.19 bits per heavy atom. The third kappa shape index (κ3) is 4.51. The number of halogens is 2. The van der Waals surface area contributed by atoms with Crippen molar-refractivity contribution in [2.75, 3.05) is 33.9 Å². The minimum absolute atomic E-state index is 0.217. The van der Waals surface area contributed by atoms with Crippen LogP contribution in [0.1, 0.15) is 0 Å². The monoisotopic (exact) mass is 325 g/mol. The Morgan fingerprint density at radius 2 is 1.71 bits per heavy atom. The Labute approximate surface area is 121 Å². The quantitative estimate of drug-likeness (QED) is 0.770. The van der Waals surface area contributed by atoms with E-state index in [1.54, 1.807) is 0 Å². The average molecular weight is 325 g/mol. The second-order valence-corrected chi connectivity index (χ2v) is 5.96. The van der Waals surface area contributed by atoms with Gasteiger partial charge < -0.3 is 14.6 Å². The summed E-state index contributed by atoms with van der Waals surface area (Å²) in [4.78, 5) is -0.243. The smallest absolute Gasteiger partial charge is 0.252 e. The number of aliphatic hydroxyl groups excluding tert-OH is 1. The molecule has 0 amide bonds. The van der Waals surface area contributed by atoms with Gasteiger partial charge in [0.15, 0.2) is 0 Å². The fourth-order valence-corrected chi connectivity index (χ4v) is 3.11. The second kappa shape index (κ2) is 7.53. The predicted molar refractivity (Wildman–Crippen MR) is 71.4 cm³/mol. The lowest BCUT2D eigenvalue weighted by molar-refractivity contribution is 0.113. The van der Waals surface area contributed by atoms with Gasteiger partial charge in [0.2, 0.25) is 10.0 Å². The standard InChI is InChI=1S/C12H17F2NO5S/c1-19-9-5-10(20-2)7-11(6-9)21(17,18)15(3-4-16)8-12(13)14/h5-7,12,16H,3-4,8H2,1-2H3. The summed E-state index contributed by atoms with van der Waals surface area (Å²) < 4.78 is 60.2. The molecule has 0 unspecified atom stereocenters. The maximum Gasteiger partial charge on any atom is 0.252 e. The molecule has 0 heterocycles. The molecular weight excluding hydrogens is 308 g/mol. The van der Waals surface area contributed by atoms with Crippen LogP contribution in [0.5, 0.6) is 11.5 Å². The van der Waals surface area contributed by atoms with Crippen LogP contribution in [-0.4, -0.2) is 58.2 Å². The fourth-order valence-electron chi connectivity index (χ4n) is 1.65. The SMILES string of the molecule is COc1cc(OC)cc(S(=O)(=O)N(CCO)CC(F)F)c1. The van der Waals surface area contributed by atoms with E-state index in [2.05, 4.69) is 0 Å². The molecule has 0 fully saturated rings. The summed E-state index contributed by atoms with van der Waals surface area (Å²) in [5.41, 5.74) is 0. The molecule has 0 spiro atoms. The Bertz CT molecular complexity index is 543. The van der Waals surface area contributed by atoms with Gasteiger partial charge in [-0.15, -0.1) is 0 Å². The van der Waals surface area contributed by atoms with Gasteiger partial charge >= 0.3 is 0 Å². The van der Waals surface area contributed by atoms with Crippen LogP contribution in [0, 0.1) is 0 Å². The molecule has 6 nitrogen and oxygen atoms in total. The van der Waals surface area contributed by atoms with E-state index in [1.165, 1.54) is 32.4 Å². The Balaban J connectivity index is 3.26. The molecule has 0 saturated heterocycles. The Kier molecular flexibility index (Phi) is 6.31. The maximum absolute atomic E-state index is 12.5. The molecule has 0 bridgehead atoms. The molecule has 1 aromatic carbocycles. The highest BCUT2D eigenvalue weighted by Crippen LogP contribution is 2.27. The van der Waals surface area contributed by atoms with Gasteiger partial charge in [0.1, 0.15) is 11.5 Å². The van der Waals surface area contributed by atoms with Crippen LogP contribution in [0.15, 0.2) is 23.1 Å². The van der Waals surface area contributed by atoms with Gasteiger partial charge in [-0.2, -0.15) is 4.31 Å². The molecule has 0 aromatic heterocycles. The van der Waals surface area contributed by atoms with Crippen LogP contribution >= 0.6 is 0 Å². The largest absolute Gasteiger partial charge is 0.497 e. The van der Waals surface area contributed by atoms with Crippen molar-refractivity contribution in [3.63, 3.8) is 0 Å². The Morgan fingerprint density at radius 3 is 2.10 bits per heavy atom. The molecule has 1 aromatic rings. The molecule has 1 N–H and O–H groups in total. The third-order valence-electron chi connectivity index (χ3n) is 2.65. The topological polar surface area (TPSA) is 76.1 Å². The molecule has 0 atom stereocenters. The number of hydrogen-bond acceptors (Lipinski definition) is 5. The first-order chi connectivity index (χ1) is 9.84. The van der Waals surface area contributed by atoms with E-state index in [0.717, 1.165) is 0 Å². The first kappa shape index (κ1) is 17.6. The molecule has 0 radical (unpaired) electrons.